The summed E-state index contributed by atoms with van der Waals surface area (Å²) in [6, 6.07) is 12.7. The van der Waals surface area contributed by atoms with Crippen LogP contribution in [0.1, 0.15) is 62.9 Å². The number of morpholine rings is 1. The molecule has 0 bridgehead atoms. The molecule has 1 saturated heterocycles. The van der Waals surface area contributed by atoms with Crippen molar-refractivity contribution in [2.75, 3.05) is 46.5 Å². The normalized spacial score (nSPS) is 17.0. The van der Waals surface area contributed by atoms with Crippen molar-refractivity contribution in [3.63, 3.8) is 0 Å². The van der Waals surface area contributed by atoms with Crippen molar-refractivity contribution in [2.45, 2.75) is 26.3 Å². The fraction of sp³-hybridized carbons (Fsp3) is 0.444. The minimum atomic E-state index is -0.325. The number of quaternary nitrogens is 1. The first-order chi connectivity index (χ1) is 16.9. The van der Waals surface area contributed by atoms with E-state index in [1.165, 1.54) is 9.80 Å². The Kier molecular flexibility index (Phi) is 7.83. The molecule has 186 valence electrons. The van der Waals surface area contributed by atoms with E-state index in [0.29, 0.717) is 48.9 Å². The van der Waals surface area contributed by atoms with E-state index in [1.54, 1.807) is 25.3 Å². The highest BCUT2D eigenvalue weighted by Gasteiger charge is 2.36. The summed E-state index contributed by atoms with van der Waals surface area (Å²) in [6.07, 6.45) is 0.745. The predicted octanol–water partition coefficient (Wildman–Crippen LogP) is 1.72. The molecule has 0 saturated carbocycles. The number of amides is 3. The zero-order chi connectivity index (χ0) is 24.9. The third-order valence-electron chi connectivity index (χ3n) is 6.78. The van der Waals surface area contributed by atoms with Gasteiger partial charge in [0.15, 0.2) is 0 Å². The highest BCUT2D eigenvalue weighted by molar-refractivity contribution is 6.22. The Morgan fingerprint density at radius 3 is 2.40 bits per heavy atom. The number of imide groups is 1. The molecular weight excluding hydrogens is 446 g/mol. The van der Waals surface area contributed by atoms with E-state index in [9.17, 15) is 14.4 Å². The molecule has 1 atom stereocenters. The lowest BCUT2D eigenvalue weighted by Crippen LogP contribution is -3.15. The molecule has 2 aliphatic heterocycles. The quantitative estimate of drug-likeness (QED) is 0.534. The summed E-state index contributed by atoms with van der Waals surface area (Å²) in [6.45, 7) is 8.01. The largest absolute Gasteiger partial charge is 0.497 e. The van der Waals surface area contributed by atoms with Gasteiger partial charge in [-0.2, -0.15) is 0 Å². The Morgan fingerprint density at radius 2 is 1.74 bits per heavy atom. The van der Waals surface area contributed by atoms with Crippen LogP contribution < -0.4 is 15.0 Å². The van der Waals surface area contributed by atoms with Gasteiger partial charge in [-0.15, -0.1) is 0 Å². The average Bonchev–Trinajstić information content (AvgIpc) is 3.12. The minimum absolute atomic E-state index is 0.0536. The van der Waals surface area contributed by atoms with Gasteiger partial charge in [-0.05, 0) is 54.8 Å². The van der Waals surface area contributed by atoms with Gasteiger partial charge in [0.05, 0.1) is 38.0 Å². The van der Waals surface area contributed by atoms with Crippen molar-refractivity contribution in [3.8, 4) is 5.75 Å². The Morgan fingerprint density at radius 1 is 1.06 bits per heavy atom. The molecule has 4 rings (SSSR count). The SMILES string of the molecule is COc1ccc([C@@H](CNC(=O)c2ccc3c(c2)C(=O)N(CCC(C)C)C3=O)[NH+]2CCOCC2)cc1. The summed E-state index contributed by atoms with van der Waals surface area (Å²) < 4.78 is 10.8. The Bertz CT molecular complexity index is 1080. The van der Waals surface area contributed by atoms with Crippen molar-refractivity contribution < 1.29 is 28.8 Å². The van der Waals surface area contributed by atoms with Gasteiger partial charge in [0.1, 0.15) is 24.9 Å². The van der Waals surface area contributed by atoms with Crippen LogP contribution in [0.2, 0.25) is 0 Å². The van der Waals surface area contributed by atoms with E-state index in [2.05, 4.69) is 19.2 Å². The van der Waals surface area contributed by atoms with Gasteiger partial charge in [0.25, 0.3) is 17.7 Å². The molecule has 0 aromatic heterocycles. The summed E-state index contributed by atoms with van der Waals surface area (Å²) in [5, 5.41) is 3.05. The molecule has 0 aliphatic carbocycles. The molecule has 8 nitrogen and oxygen atoms in total. The number of carbonyl (C=O) groups is 3. The maximum absolute atomic E-state index is 13.1. The van der Waals surface area contributed by atoms with Crippen LogP contribution in [-0.2, 0) is 4.74 Å². The molecule has 1 fully saturated rings. The van der Waals surface area contributed by atoms with E-state index in [1.807, 2.05) is 24.3 Å². The summed E-state index contributed by atoms with van der Waals surface area (Å²) in [5.41, 5.74) is 2.15. The smallest absolute Gasteiger partial charge is 0.261 e. The van der Waals surface area contributed by atoms with Crippen LogP contribution in [0.3, 0.4) is 0 Å². The van der Waals surface area contributed by atoms with E-state index in [-0.39, 0.29) is 23.8 Å². The lowest BCUT2D eigenvalue weighted by Gasteiger charge is -2.32. The third kappa shape index (κ3) is 5.55. The van der Waals surface area contributed by atoms with Crippen LogP contribution in [0.4, 0.5) is 0 Å². The number of hydrogen-bond acceptors (Lipinski definition) is 5. The molecule has 0 radical (unpaired) electrons. The van der Waals surface area contributed by atoms with Crippen molar-refractivity contribution in [3.05, 3.63) is 64.7 Å². The van der Waals surface area contributed by atoms with E-state index >= 15 is 0 Å². The van der Waals surface area contributed by atoms with Gasteiger partial charge in [-0.25, -0.2) is 0 Å². The van der Waals surface area contributed by atoms with E-state index < -0.39 is 0 Å². The summed E-state index contributed by atoms with van der Waals surface area (Å²) >= 11 is 0. The number of nitrogens with zero attached hydrogens (tertiary/aromatic N) is 1. The van der Waals surface area contributed by atoms with Crippen LogP contribution >= 0.6 is 0 Å². The fourth-order valence-corrected chi connectivity index (χ4v) is 4.64. The zero-order valence-corrected chi connectivity index (χ0v) is 20.6. The first kappa shape index (κ1) is 24.9. The van der Waals surface area contributed by atoms with Crippen molar-refractivity contribution in [1.29, 1.82) is 0 Å². The van der Waals surface area contributed by atoms with Crippen LogP contribution in [0.5, 0.6) is 5.75 Å². The number of ether oxygens (including phenoxy) is 2. The maximum Gasteiger partial charge on any atom is 0.261 e. The fourth-order valence-electron chi connectivity index (χ4n) is 4.64. The highest BCUT2D eigenvalue weighted by atomic mass is 16.5. The molecule has 8 heteroatoms. The van der Waals surface area contributed by atoms with Gasteiger partial charge < -0.3 is 19.7 Å². The van der Waals surface area contributed by atoms with Gasteiger partial charge >= 0.3 is 0 Å². The lowest BCUT2D eigenvalue weighted by atomic mass is 10.0. The highest BCUT2D eigenvalue weighted by Crippen LogP contribution is 2.25. The van der Waals surface area contributed by atoms with Gasteiger partial charge in [-0.3, -0.25) is 19.3 Å². The summed E-state index contributed by atoms with van der Waals surface area (Å²) in [4.78, 5) is 41.2. The maximum atomic E-state index is 13.1. The topological polar surface area (TPSA) is 89.4 Å². The first-order valence-corrected chi connectivity index (χ1v) is 12.2. The number of hydrogen-bond donors (Lipinski definition) is 2. The number of benzene rings is 2. The lowest BCUT2D eigenvalue weighted by molar-refractivity contribution is -0.937. The average molecular weight is 481 g/mol. The van der Waals surface area contributed by atoms with E-state index in [4.69, 9.17) is 9.47 Å². The number of methoxy groups -OCH3 is 1. The minimum Gasteiger partial charge on any atom is -0.497 e. The zero-order valence-electron chi connectivity index (χ0n) is 20.6. The third-order valence-corrected chi connectivity index (χ3v) is 6.78. The summed E-state index contributed by atoms with van der Waals surface area (Å²) in [7, 11) is 1.64. The predicted molar refractivity (Wildman–Crippen MR) is 131 cm³/mol. The van der Waals surface area contributed by atoms with E-state index in [0.717, 1.165) is 30.8 Å². The molecule has 2 heterocycles. The number of fused-ring (bicyclic) bond motifs is 1. The van der Waals surface area contributed by atoms with Crippen LogP contribution in [0.15, 0.2) is 42.5 Å². The molecule has 2 aromatic rings. The van der Waals surface area contributed by atoms with Crippen LogP contribution in [-0.4, -0.2) is 69.1 Å². The van der Waals surface area contributed by atoms with Gasteiger partial charge in [-0.1, -0.05) is 13.8 Å². The Labute approximate surface area is 206 Å². The van der Waals surface area contributed by atoms with Crippen molar-refractivity contribution >= 4 is 17.7 Å². The Balaban J connectivity index is 1.47. The number of nitrogens with one attached hydrogen (secondary N) is 2. The molecule has 2 N–H and O–H groups in total. The molecule has 0 spiro atoms. The summed E-state index contributed by atoms with van der Waals surface area (Å²) in [5.74, 6) is 0.295. The van der Waals surface area contributed by atoms with Crippen LogP contribution in [0.25, 0.3) is 0 Å². The first-order valence-electron chi connectivity index (χ1n) is 12.2. The molecule has 0 unspecified atom stereocenters. The second-order valence-corrected chi connectivity index (χ2v) is 9.51. The monoisotopic (exact) mass is 480 g/mol. The number of carbonyl (C=O) groups excluding carboxylic acids is 3. The van der Waals surface area contributed by atoms with Gasteiger partial charge in [0.2, 0.25) is 0 Å². The van der Waals surface area contributed by atoms with Crippen molar-refractivity contribution in [2.24, 2.45) is 5.92 Å². The second-order valence-electron chi connectivity index (χ2n) is 9.51. The molecule has 3 amide bonds. The second kappa shape index (κ2) is 11.0. The number of rotatable bonds is 9. The molecular formula is C27H34N3O5+. The molecule has 2 aromatic carbocycles. The Hall–Kier alpha value is -3.23. The molecule has 35 heavy (non-hydrogen) atoms. The standard InChI is InChI=1S/C27H33N3O5/c1-18(2)10-11-30-26(32)22-9-6-20(16-23(22)27(30)33)25(31)28-17-24(29-12-14-35-15-13-29)19-4-7-21(34-3)8-5-19/h4-9,16,18,24H,10-15,17H2,1-3H3,(H,28,31)/p+1/t24-/m1/s1. The molecule has 2 aliphatic rings. The van der Waals surface area contributed by atoms with Crippen LogP contribution in [0, 0.1) is 5.92 Å². The van der Waals surface area contributed by atoms with Crippen molar-refractivity contribution in [1.82, 2.24) is 10.2 Å². The van der Waals surface area contributed by atoms with Gasteiger partial charge in [0, 0.05) is 17.7 Å².